The fourth-order valence-electron chi connectivity index (χ4n) is 6.49. The van der Waals surface area contributed by atoms with E-state index in [9.17, 15) is 9.18 Å². The fourth-order valence-corrected chi connectivity index (χ4v) is 6.49. The zero-order chi connectivity index (χ0) is 27.2. The lowest BCUT2D eigenvalue weighted by molar-refractivity contribution is -0.0963. The molecule has 1 aromatic rings. The molecule has 2 aliphatic carbocycles. The highest BCUT2D eigenvalue weighted by Crippen LogP contribution is 2.44. The number of rotatable bonds is 6. The molecular formula is C27H43F3N6O2. The number of halogens is 3. The van der Waals surface area contributed by atoms with Gasteiger partial charge in [0.2, 0.25) is 5.89 Å². The van der Waals surface area contributed by atoms with Crippen LogP contribution in [0.15, 0.2) is 4.52 Å². The van der Waals surface area contributed by atoms with Gasteiger partial charge in [-0.3, -0.25) is 4.90 Å². The quantitative estimate of drug-likeness (QED) is 0.579. The van der Waals surface area contributed by atoms with Crippen molar-refractivity contribution in [1.29, 1.82) is 0 Å². The van der Waals surface area contributed by atoms with Crippen molar-refractivity contribution >= 4 is 6.03 Å². The van der Waals surface area contributed by atoms with Crippen molar-refractivity contribution in [2.45, 2.75) is 120 Å². The predicted octanol–water partition coefficient (Wildman–Crippen LogP) is 4.32. The van der Waals surface area contributed by atoms with Crippen LogP contribution in [0.3, 0.4) is 0 Å². The van der Waals surface area contributed by atoms with Crippen LogP contribution >= 0.6 is 0 Å². The van der Waals surface area contributed by atoms with Gasteiger partial charge in [-0.1, -0.05) is 12.1 Å². The molecule has 38 heavy (non-hydrogen) atoms. The molecule has 4 atom stereocenters. The summed E-state index contributed by atoms with van der Waals surface area (Å²) in [6, 6.07) is -1.06. The van der Waals surface area contributed by atoms with Crippen LogP contribution in [0.4, 0.5) is 18.0 Å². The molecule has 0 unspecified atom stereocenters. The first-order valence-electron chi connectivity index (χ1n) is 14.4. The largest absolute Gasteiger partial charge is 0.339 e. The summed E-state index contributed by atoms with van der Waals surface area (Å²) in [7, 11) is 2.14. The number of alkyl halides is 3. The maximum Gasteiger partial charge on any atom is 0.317 e. The fraction of sp³-hybridized carbons (Fsp3) is 0.889. The van der Waals surface area contributed by atoms with Crippen LogP contribution in [-0.2, 0) is 5.41 Å². The molecule has 214 valence electrons. The Bertz CT molecular complexity index is 974. The van der Waals surface area contributed by atoms with Crippen LogP contribution < -0.4 is 5.32 Å². The van der Waals surface area contributed by atoms with E-state index in [2.05, 4.69) is 46.2 Å². The van der Waals surface area contributed by atoms with E-state index in [1.807, 2.05) is 6.92 Å². The molecule has 2 aliphatic heterocycles. The highest BCUT2D eigenvalue weighted by Gasteiger charge is 2.51. The molecule has 0 spiro atoms. The number of carbonyl (C=O) groups is 1. The Morgan fingerprint density at radius 1 is 1.13 bits per heavy atom. The second-order valence-electron chi connectivity index (χ2n) is 12.5. The second kappa shape index (κ2) is 10.6. The average Bonchev–Trinajstić information content (AvgIpc) is 3.40. The molecule has 1 N–H and O–H groups in total. The number of carbonyl (C=O) groups excluding carboxylic acids is 1. The lowest BCUT2D eigenvalue weighted by Gasteiger charge is -2.48. The number of urea groups is 1. The van der Waals surface area contributed by atoms with Gasteiger partial charge in [-0.2, -0.15) is 4.98 Å². The van der Waals surface area contributed by atoms with Crippen LogP contribution in [0.2, 0.25) is 0 Å². The van der Waals surface area contributed by atoms with Crippen molar-refractivity contribution in [3.63, 3.8) is 0 Å². The molecule has 5 rings (SSSR count). The number of nitrogens with one attached hydrogen (secondary N) is 1. The summed E-state index contributed by atoms with van der Waals surface area (Å²) in [6.07, 6.45) is 3.54. The molecule has 0 radical (unpaired) electrons. The summed E-state index contributed by atoms with van der Waals surface area (Å²) in [5, 5.41) is 6.87. The van der Waals surface area contributed by atoms with Crippen molar-refractivity contribution < 1.29 is 22.5 Å². The molecule has 4 fully saturated rings. The zero-order valence-corrected chi connectivity index (χ0v) is 23.1. The van der Waals surface area contributed by atoms with E-state index in [4.69, 9.17) is 4.52 Å². The zero-order valence-electron chi connectivity index (χ0n) is 23.1. The first-order valence-corrected chi connectivity index (χ1v) is 14.4. The maximum atomic E-state index is 15.2. The summed E-state index contributed by atoms with van der Waals surface area (Å²) >= 11 is 0. The van der Waals surface area contributed by atoms with Gasteiger partial charge in [0.15, 0.2) is 5.82 Å². The van der Waals surface area contributed by atoms with Gasteiger partial charge in [0, 0.05) is 56.1 Å². The predicted molar refractivity (Wildman–Crippen MR) is 137 cm³/mol. The van der Waals surface area contributed by atoms with E-state index in [1.165, 1.54) is 0 Å². The summed E-state index contributed by atoms with van der Waals surface area (Å²) in [4.78, 5) is 23.9. The highest BCUT2D eigenvalue weighted by atomic mass is 19.3. The van der Waals surface area contributed by atoms with Crippen molar-refractivity contribution in [2.24, 2.45) is 0 Å². The van der Waals surface area contributed by atoms with Gasteiger partial charge >= 0.3 is 6.03 Å². The monoisotopic (exact) mass is 540 g/mol. The Hall–Kier alpha value is -1.88. The van der Waals surface area contributed by atoms with E-state index in [0.29, 0.717) is 69.0 Å². The van der Waals surface area contributed by atoms with Gasteiger partial charge in [0.1, 0.15) is 12.2 Å². The van der Waals surface area contributed by atoms with Crippen LogP contribution in [0.1, 0.15) is 89.8 Å². The molecule has 0 aromatic carbocycles. The van der Waals surface area contributed by atoms with Crippen LogP contribution in [-0.4, -0.2) is 100 Å². The minimum absolute atomic E-state index is 0.194. The first-order chi connectivity index (χ1) is 18.0. The van der Waals surface area contributed by atoms with Crippen molar-refractivity contribution in [2.75, 3.05) is 33.2 Å². The Morgan fingerprint density at radius 3 is 2.39 bits per heavy atom. The number of likely N-dealkylation sites (tertiary alicyclic amines) is 2. The lowest BCUT2D eigenvalue weighted by Crippen LogP contribution is -2.65. The summed E-state index contributed by atoms with van der Waals surface area (Å²) in [6.45, 7) is 8.74. The van der Waals surface area contributed by atoms with E-state index >= 15 is 8.78 Å². The summed E-state index contributed by atoms with van der Waals surface area (Å²) in [5.74, 6) is -2.35. The number of hydrogen-bond acceptors (Lipinski definition) is 6. The van der Waals surface area contributed by atoms with Gasteiger partial charge in [-0.25, -0.2) is 18.0 Å². The second-order valence-corrected chi connectivity index (χ2v) is 12.5. The number of hydrogen-bond donors (Lipinski definition) is 1. The minimum Gasteiger partial charge on any atom is -0.339 e. The van der Waals surface area contributed by atoms with E-state index in [0.717, 1.165) is 25.9 Å². The number of nitrogens with zero attached hydrogens (tertiary/aromatic N) is 5. The standard InChI is InChI=1S/C27H43F3N6O2/c1-17(2)34(4)18-7-12-35(13-8-18)21-6-5-9-27(29,30)22(21)31-25(37)36-14-10-26(3,11-15-36)24-32-23(38-33-24)19-16-20(19)28/h17-22H,5-16H2,1-4H3,(H,31,37)/t19-,20+,21+,22-/m1/s1. The Kier molecular flexibility index (Phi) is 7.72. The molecule has 11 heteroatoms. The van der Waals surface area contributed by atoms with Crippen molar-refractivity contribution in [3.05, 3.63) is 11.7 Å². The summed E-state index contributed by atoms with van der Waals surface area (Å²) in [5.41, 5.74) is -0.399. The molecule has 8 nitrogen and oxygen atoms in total. The van der Waals surface area contributed by atoms with Gasteiger partial charge in [-0.15, -0.1) is 0 Å². The van der Waals surface area contributed by atoms with Gasteiger partial charge in [0.05, 0.1) is 5.92 Å². The Morgan fingerprint density at radius 2 is 1.79 bits per heavy atom. The Labute approximate surface area is 223 Å². The van der Waals surface area contributed by atoms with E-state index in [-0.39, 0.29) is 18.4 Å². The van der Waals surface area contributed by atoms with Crippen LogP contribution in [0.25, 0.3) is 0 Å². The highest BCUT2D eigenvalue weighted by molar-refractivity contribution is 5.75. The topological polar surface area (TPSA) is 77.7 Å². The number of aromatic nitrogens is 2. The molecular weight excluding hydrogens is 497 g/mol. The Balaban J connectivity index is 1.19. The smallest absolute Gasteiger partial charge is 0.317 e. The van der Waals surface area contributed by atoms with Gasteiger partial charge < -0.3 is 19.6 Å². The number of piperidine rings is 2. The average molecular weight is 541 g/mol. The minimum atomic E-state index is -2.94. The molecule has 1 aromatic heterocycles. The molecule has 4 aliphatic rings. The SMILES string of the molecule is CC(C)N(C)C1CCN([C@H]2CCCC(F)(F)[C@@H]2NC(=O)N2CCC(C)(c3noc([C@@H]4C[C@@H]4F)n3)CC2)CC1. The third kappa shape index (κ3) is 5.55. The maximum absolute atomic E-state index is 15.2. The normalized spacial score (nSPS) is 32.1. The van der Waals surface area contributed by atoms with Crippen LogP contribution in [0, 0.1) is 0 Å². The number of amides is 2. The molecule has 2 amide bonds. The van der Waals surface area contributed by atoms with Crippen molar-refractivity contribution in [3.8, 4) is 0 Å². The molecule has 2 saturated carbocycles. The third-order valence-electron chi connectivity index (χ3n) is 9.65. The molecule has 3 heterocycles. The van der Waals surface area contributed by atoms with Crippen LogP contribution in [0.5, 0.6) is 0 Å². The van der Waals surface area contributed by atoms with E-state index in [1.54, 1.807) is 4.90 Å². The van der Waals surface area contributed by atoms with E-state index < -0.39 is 29.6 Å². The first kappa shape index (κ1) is 27.7. The van der Waals surface area contributed by atoms with Gasteiger partial charge in [0.25, 0.3) is 5.92 Å². The third-order valence-corrected chi connectivity index (χ3v) is 9.65. The summed E-state index contributed by atoms with van der Waals surface area (Å²) < 4.78 is 49.1. The lowest BCUT2D eigenvalue weighted by atomic mass is 9.79. The van der Waals surface area contributed by atoms with Gasteiger partial charge in [-0.05, 0) is 65.8 Å². The molecule has 0 bridgehead atoms. The molecule has 2 saturated heterocycles. The van der Waals surface area contributed by atoms with Crippen molar-refractivity contribution in [1.82, 2.24) is 30.2 Å².